The normalized spacial score (nSPS) is 24.1. The lowest BCUT2D eigenvalue weighted by molar-refractivity contribution is 0.0511. The van der Waals surface area contributed by atoms with Gasteiger partial charge in [-0.2, -0.15) is 4.68 Å². The third-order valence-electron chi connectivity index (χ3n) is 5.36. The maximum Gasteiger partial charge on any atom is 0.435 e. The Hall–Kier alpha value is -1.52. The van der Waals surface area contributed by atoms with Crippen molar-refractivity contribution in [2.24, 2.45) is 16.7 Å². The highest BCUT2D eigenvalue weighted by Gasteiger charge is 2.86. The second kappa shape index (κ2) is 3.81. The molecule has 4 rings (SSSR count). The highest BCUT2D eigenvalue weighted by molar-refractivity contribution is 5.69. The van der Waals surface area contributed by atoms with Crippen molar-refractivity contribution in [2.75, 3.05) is 6.61 Å². The lowest BCUT2D eigenvalue weighted by Crippen LogP contribution is -2.27. The molecule has 3 saturated carbocycles. The van der Waals surface area contributed by atoms with E-state index in [9.17, 15) is 4.79 Å². The summed E-state index contributed by atoms with van der Waals surface area (Å²) in [6.45, 7) is 6.25. The molecule has 5 heteroatoms. The van der Waals surface area contributed by atoms with E-state index in [4.69, 9.17) is 9.47 Å². The maximum atomic E-state index is 11.9. The van der Waals surface area contributed by atoms with E-state index in [-0.39, 0.29) is 0 Å². The number of hydrogen-bond donors (Lipinski definition) is 0. The number of fused-ring (bicyclic) bond motifs is 1. The number of ether oxygens (including phenoxy) is 2. The first kappa shape index (κ1) is 13.2. The molecule has 0 aliphatic heterocycles. The van der Waals surface area contributed by atoms with Gasteiger partial charge in [0.2, 0.25) is 5.88 Å². The number of aromatic nitrogens is 2. The molecule has 0 radical (unpaired) electrons. The van der Waals surface area contributed by atoms with E-state index in [0.29, 0.717) is 16.7 Å². The zero-order valence-electron chi connectivity index (χ0n) is 12.9. The van der Waals surface area contributed by atoms with Crippen molar-refractivity contribution in [3.8, 4) is 5.88 Å². The Morgan fingerprint density at radius 3 is 2.48 bits per heavy atom. The summed E-state index contributed by atoms with van der Waals surface area (Å²) in [5.41, 5.74) is 0.760. The van der Waals surface area contributed by atoms with E-state index in [1.165, 1.54) is 30.4 Å². The van der Waals surface area contributed by atoms with Gasteiger partial charge >= 0.3 is 6.09 Å². The lowest BCUT2D eigenvalue weighted by Gasteiger charge is -2.18. The zero-order valence-corrected chi connectivity index (χ0v) is 12.9. The van der Waals surface area contributed by atoms with Gasteiger partial charge in [0.15, 0.2) is 0 Å². The molecule has 1 aromatic rings. The van der Waals surface area contributed by atoms with Crippen LogP contribution >= 0.6 is 0 Å². The minimum absolute atomic E-state index is 0.471. The fourth-order valence-electron chi connectivity index (χ4n) is 4.08. The molecule has 3 aliphatic rings. The van der Waals surface area contributed by atoms with Crippen molar-refractivity contribution in [2.45, 2.75) is 52.1 Å². The first-order chi connectivity index (χ1) is 9.86. The third-order valence-corrected chi connectivity index (χ3v) is 5.36. The number of carbonyl (C=O) groups is 1. The summed E-state index contributed by atoms with van der Waals surface area (Å²) in [7, 11) is 0. The van der Waals surface area contributed by atoms with Crippen LogP contribution in [0.15, 0.2) is 12.3 Å². The maximum absolute atomic E-state index is 11.9. The van der Waals surface area contributed by atoms with Gasteiger partial charge in [0, 0.05) is 18.2 Å². The molecule has 21 heavy (non-hydrogen) atoms. The molecule has 2 spiro atoms. The van der Waals surface area contributed by atoms with Gasteiger partial charge in [0.1, 0.15) is 5.60 Å². The van der Waals surface area contributed by atoms with Crippen LogP contribution < -0.4 is 4.74 Å². The molecule has 0 saturated heterocycles. The Labute approximate surface area is 124 Å². The zero-order chi connectivity index (χ0) is 14.9. The lowest BCUT2D eigenvalue weighted by atomic mass is 10.2. The predicted molar refractivity (Wildman–Crippen MR) is 76.2 cm³/mol. The summed E-state index contributed by atoms with van der Waals surface area (Å²) in [5, 5.41) is 4.15. The van der Waals surface area contributed by atoms with Crippen molar-refractivity contribution < 1.29 is 14.3 Å². The molecular formula is C16H22N2O3. The second-order valence-electron chi connectivity index (χ2n) is 7.75. The van der Waals surface area contributed by atoms with E-state index in [1.54, 1.807) is 12.3 Å². The van der Waals surface area contributed by atoms with Crippen LogP contribution in [0.1, 0.15) is 46.5 Å². The summed E-state index contributed by atoms with van der Waals surface area (Å²) in [6.07, 6.45) is 6.65. The standard InChI is InChI=1S/C16H22N2O3/c1-14(2,3)21-13(19)18-9-4-12(17-18)20-10-11-15(5-6-15)16(11)7-8-16/h4,9,11H,5-8,10H2,1-3H3. The first-order valence-corrected chi connectivity index (χ1v) is 7.78. The Morgan fingerprint density at radius 1 is 1.33 bits per heavy atom. The number of rotatable bonds is 3. The topological polar surface area (TPSA) is 53.4 Å². The minimum Gasteiger partial charge on any atom is -0.476 e. The van der Waals surface area contributed by atoms with Crippen LogP contribution in [-0.2, 0) is 4.74 Å². The van der Waals surface area contributed by atoms with Gasteiger partial charge in [-0.25, -0.2) is 4.79 Å². The van der Waals surface area contributed by atoms with Gasteiger partial charge in [0.25, 0.3) is 0 Å². The summed E-state index contributed by atoms with van der Waals surface area (Å²) >= 11 is 0. The largest absolute Gasteiger partial charge is 0.476 e. The van der Waals surface area contributed by atoms with Crippen molar-refractivity contribution in [1.82, 2.24) is 9.78 Å². The van der Waals surface area contributed by atoms with E-state index < -0.39 is 11.7 Å². The number of nitrogens with zero attached hydrogens (tertiary/aromatic N) is 2. The number of hydrogen-bond acceptors (Lipinski definition) is 4. The fourth-order valence-corrected chi connectivity index (χ4v) is 4.08. The Balaban J connectivity index is 1.34. The van der Waals surface area contributed by atoms with Gasteiger partial charge in [0.05, 0.1) is 6.61 Å². The van der Waals surface area contributed by atoms with Crippen molar-refractivity contribution >= 4 is 6.09 Å². The van der Waals surface area contributed by atoms with Crippen LogP contribution in [0.25, 0.3) is 0 Å². The molecule has 114 valence electrons. The SMILES string of the molecule is CC(C)(C)OC(=O)n1ccc(OCC2C3(CC3)C23CC3)n1. The molecule has 5 nitrogen and oxygen atoms in total. The minimum atomic E-state index is -0.519. The monoisotopic (exact) mass is 290 g/mol. The molecule has 0 N–H and O–H groups in total. The van der Waals surface area contributed by atoms with Crippen LogP contribution in [-0.4, -0.2) is 28.1 Å². The Kier molecular flexibility index (Phi) is 2.39. The van der Waals surface area contributed by atoms with Crippen LogP contribution in [0, 0.1) is 16.7 Å². The van der Waals surface area contributed by atoms with Crippen LogP contribution in [0.3, 0.4) is 0 Å². The fraction of sp³-hybridized carbons (Fsp3) is 0.750. The summed E-state index contributed by atoms with van der Waals surface area (Å²) in [5.74, 6) is 1.23. The highest BCUT2D eigenvalue weighted by Crippen LogP contribution is 2.92. The Bertz CT molecular complexity index is 573. The smallest absolute Gasteiger partial charge is 0.435 e. The van der Waals surface area contributed by atoms with Crippen LogP contribution in [0.2, 0.25) is 0 Å². The highest BCUT2D eigenvalue weighted by atomic mass is 16.6. The van der Waals surface area contributed by atoms with E-state index >= 15 is 0 Å². The average molecular weight is 290 g/mol. The van der Waals surface area contributed by atoms with Gasteiger partial charge in [-0.1, -0.05) is 0 Å². The molecule has 0 unspecified atom stereocenters. The molecule has 1 heterocycles. The van der Waals surface area contributed by atoms with Gasteiger partial charge in [-0.3, -0.25) is 0 Å². The van der Waals surface area contributed by atoms with Crippen molar-refractivity contribution in [1.29, 1.82) is 0 Å². The molecule has 3 aliphatic carbocycles. The van der Waals surface area contributed by atoms with Gasteiger partial charge in [-0.05, 0) is 57.3 Å². The van der Waals surface area contributed by atoms with Crippen LogP contribution in [0.5, 0.6) is 5.88 Å². The molecule has 0 bridgehead atoms. The third kappa shape index (κ3) is 1.97. The summed E-state index contributed by atoms with van der Waals surface area (Å²) in [6, 6.07) is 1.73. The second-order valence-corrected chi connectivity index (χ2v) is 7.75. The molecular weight excluding hydrogens is 268 g/mol. The number of carbonyl (C=O) groups excluding carboxylic acids is 1. The summed E-state index contributed by atoms with van der Waals surface area (Å²) in [4.78, 5) is 11.9. The van der Waals surface area contributed by atoms with Crippen LogP contribution in [0.4, 0.5) is 4.79 Å². The van der Waals surface area contributed by atoms with E-state index in [2.05, 4.69) is 5.10 Å². The first-order valence-electron chi connectivity index (χ1n) is 7.78. The van der Waals surface area contributed by atoms with Crippen molar-refractivity contribution in [3.05, 3.63) is 12.3 Å². The summed E-state index contributed by atoms with van der Waals surface area (Å²) < 4.78 is 12.3. The van der Waals surface area contributed by atoms with Gasteiger partial charge in [-0.15, -0.1) is 5.10 Å². The quantitative estimate of drug-likeness (QED) is 0.857. The van der Waals surface area contributed by atoms with E-state index in [0.717, 1.165) is 12.5 Å². The predicted octanol–water partition coefficient (Wildman–Crippen LogP) is 3.24. The van der Waals surface area contributed by atoms with Gasteiger partial charge < -0.3 is 9.47 Å². The molecule has 0 amide bonds. The Morgan fingerprint density at radius 2 is 1.95 bits per heavy atom. The average Bonchev–Trinajstić information content (AvgIpc) is 3.31. The molecule has 0 aromatic carbocycles. The molecule has 0 atom stereocenters. The van der Waals surface area contributed by atoms with E-state index in [1.807, 2.05) is 20.8 Å². The van der Waals surface area contributed by atoms with Crippen molar-refractivity contribution in [3.63, 3.8) is 0 Å². The molecule has 3 fully saturated rings. The molecule has 1 aromatic heterocycles.